The van der Waals surface area contributed by atoms with Gasteiger partial charge in [-0.1, -0.05) is 18.7 Å². The van der Waals surface area contributed by atoms with Crippen LogP contribution in [0.15, 0.2) is 10.6 Å². The summed E-state index contributed by atoms with van der Waals surface area (Å²) in [6, 6.07) is -0.158. The van der Waals surface area contributed by atoms with Crippen LogP contribution in [-0.4, -0.2) is 45.0 Å². The van der Waals surface area contributed by atoms with E-state index in [1.54, 1.807) is 0 Å². The van der Waals surface area contributed by atoms with Gasteiger partial charge in [-0.2, -0.15) is 0 Å². The maximum Gasteiger partial charge on any atom is 0.344 e. The van der Waals surface area contributed by atoms with E-state index in [1.165, 1.54) is 4.90 Å². The van der Waals surface area contributed by atoms with Crippen molar-refractivity contribution in [3.63, 3.8) is 0 Å². The van der Waals surface area contributed by atoms with Gasteiger partial charge in [0.25, 0.3) is 0 Å². The predicted molar refractivity (Wildman–Crippen MR) is 66.3 cm³/mol. The molecule has 0 aromatic heterocycles. The van der Waals surface area contributed by atoms with E-state index < -0.39 is 11.9 Å². The van der Waals surface area contributed by atoms with Crippen LogP contribution in [0.2, 0.25) is 0 Å². The highest BCUT2D eigenvalue weighted by Gasteiger charge is 2.54. The number of aliphatic hydroxyl groups excluding tert-OH is 1. The van der Waals surface area contributed by atoms with Crippen molar-refractivity contribution >= 4 is 23.6 Å². The van der Waals surface area contributed by atoms with Crippen molar-refractivity contribution < 1.29 is 19.8 Å². The molecule has 2 heterocycles. The average Bonchev–Trinajstić information content (AvgIpc) is 2.64. The van der Waals surface area contributed by atoms with Gasteiger partial charge in [-0.25, -0.2) is 4.79 Å². The number of amides is 1. The standard InChI is InChI=1S/C11H16N2O4S/c1-2-5(12)3-7-8(11(16)17)18-10-6(4-14)9(15)13(7)10/h5-6,10,14H,2-4,12H2,1H3,(H,16,17)/t5?,6?,10-/m1/s1. The number of β-lactam (4-membered cyclic amide) rings is 1. The van der Waals surface area contributed by atoms with Gasteiger partial charge in [0.2, 0.25) is 5.91 Å². The lowest BCUT2D eigenvalue weighted by Crippen LogP contribution is -2.58. The third-order valence-electron chi connectivity index (χ3n) is 3.32. The topological polar surface area (TPSA) is 104 Å². The number of carboxylic acid groups (broad SMARTS) is 1. The van der Waals surface area contributed by atoms with E-state index in [0.29, 0.717) is 12.1 Å². The minimum Gasteiger partial charge on any atom is -0.477 e. The van der Waals surface area contributed by atoms with Crippen LogP contribution in [0.4, 0.5) is 0 Å². The molecule has 18 heavy (non-hydrogen) atoms. The Morgan fingerprint density at radius 2 is 2.28 bits per heavy atom. The summed E-state index contributed by atoms with van der Waals surface area (Å²) in [5, 5.41) is 18.0. The first kappa shape index (κ1) is 13.4. The van der Waals surface area contributed by atoms with E-state index in [9.17, 15) is 9.59 Å². The molecule has 2 rings (SSSR count). The Bertz CT molecular complexity index is 423. The Labute approximate surface area is 109 Å². The molecule has 6 nitrogen and oxygen atoms in total. The molecule has 2 aliphatic heterocycles. The highest BCUT2D eigenvalue weighted by molar-refractivity contribution is 8.04. The highest BCUT2D eigenvalue weighted by Crippen LogP contribution is 2.50. The number of carbonyl (C=O) groups is 2. The molecule has 3 atom stereocenters. The monoisotopic (exact) mass is 272 g/mol. The predicted octanol–water partition coefficient (Wildman–Crippen LogP) is -0.0664. The molecule has 100 valence electrons. The van der Waals surface area contributed by atoms with E-state index in [1.807, 2.05) is 6.92 Å². The summed E-state index contributed by atoms with van der Waals surface area (Å²) in [6.07, 6.45) is 1.10. The SMILES string of the molecule is CCC(N)CC1=C(C(=O)O)S[C@@H]2C(CO)C(=O)N12. The molecule has 0 aliphatic carbocycles. The Hall–Kier alpha value is -1.05. The lowest BCUT2D eigenvalue weighted by atomic mass is 9.96. The summed E-state index contributed by atoms with van der Waals surface area (Å²) in [5.41, 5.74) is 6.34. The first-order valence-electron chi connectivity index (χ1n) is 5.83. The quantitative estimate of drug-likeness (QED) is 0.605. The zero-order valence-corrected chi connectivity index (χ0v) is 10.8. The second kappa shape index (κ2) is 4.91. The second-order valence-corrected chi connectivity index (χ2v) is 5.59. The molecule has 0 saturated carbocycles. The first-order chi connectivity index (χ1) is 8.51. The van der Waals surface area contributed by atoms with Gasteiger partial charge in [-0.3, -0.25) is 4.79 Å². The van der Waals surface area contributed by atoms with Gasteiger partial charge in [0.1, 0.15) is 10.3 Å². The maximum atomic E-state index is 11.8. The van der Waals surface area contributed by atoms with Crippen LogP contribution in [0.25, 0.3) is 0 Å². The van der Waals surface area contributed by atoms with Crippen LogP contribution in [0.5, 0.6) is 0 Å². The van der Waals surface area contributed by atoms with Crippen LogP contribution in [0, 0.1) is 5.92 Å². The summed E-state index contributed by atoms with van der Waals surface area (Å²) in [7, 11) is 0. The Morgan fingerprint density at radius 3 is 2.78 bits per heavy atom. The van der Waals surface area contributed by atoms with Gasteiger partial charge in [0.15, 0.2) is 0 Å². The summed E-state index contributed by atoms with van der Waals surface area (Å²) < 4.78 is 0. The van der Waals surface area contributed by atoms with Gasteiger partial charge in [-0.15, -0.1) is 0 Å². The number of hydrogen-bond acceptors (Lipinski definition) is 5. The summed E-state index contributed by atoms with van der Waals surface area (Å²) >= 11 is 1.14. The molecular weight excluding hydrogens is 256 g/mol. The fraction of sp³-hybridized carbons (Fsp3) is 0.636. The van der Waals surface area contributed by atoms with Gasteiger partial charge < -0.3 is 20.8 Å². The number of thioether (sulfide) groups is 1. The molecule has 1 saturated heterocycles. The minimum absolute atomic E-state index is 0.158. The molecule has 1 amide bonds. The maximum absolute atomic E-state index is 11.8. The van der Waals surface area contributed by atoms with Crippen molar-refractivity contribution in [1.29, 1.82) is 0 Å². The lowest BCUT2D eigenvalue weighted by Gasteiger charge is -2.42. The zero-order valence-electron chi connectivity index (χ0n) is 10.00. The number of carbonyl (C=O) groups excluding carboxylic acids is 1. The third kappa shape index (κ3) is 1.92. The zero-order chi connectivity index (χ0) is 13.4. The van der Waals surface area contributed by atoms with Crippen molar-refractivity contribution in [2.75, 3.05) is 6.61 Å². The van der Waals surface area contributed by atoms with Crippen LogP contribution in [0.3, 0.4) is 0 Å². The molecule has 0 spiro atoms. The minimum atomic E-state index is -1.03. The van der Waals surface area contributed by atoms with Crippen LogP contribution >= 0.6 is 11.8 Å². The molecule has 0 bridgehead atoms. The van der Waals surface area contributed by atoms with Crippen LogP contribution in [0.1, 0.15) is 19.8 Å². The molecule has 0 radical (unpaired) electrons. The number of hydrogen-bond donors (Lipinski definition) is 3. The van der Waals surface area contributed by atoms with E-state index >= 15 is 0 Å². The summed E-state index contributed by atoms with van der Waals surface area (Å²) in [5.74, 6) is -1.72. The molecule has 1 fully saturated rings. The van der Waals surface area contributed by atoms with Crippen molar-refractivity contribution in [3.8, 4) is 0 Å². The number of aliphatic hydroxyl groups is 1. The normalized spacial score (nSPS) is 28.2. The Kier molecular flexibility index (Phi) is 3.65. The van der Waals surface area contributed by atoms with Gasteiger partial charge >= 0.3 is 5.97 Å². The number of fused-ring (bicyclic) bond motifs is 1. The smallest absolute Gasteiger partial charge is 0.344 e. The van der Waals surface area contributed by atoms with Gasteiger partial charge in [0.05, 0.1) is 12.5 Å². The molecule has 2 unspecified atom stereocenters. The van der Waals surface area contributed by atoms with Crippen molar-refractivity contribution in [2.45, 2.75) is 31.2 Å². The van der Waals surface area contributed by atoms with E-state index in [-0.39, 0.29) is 28.8 Å². The van der Waals surface area contributed by atoms with Crippen LogP contribution in [-0.2, 0) is 9.59 Å². The number of nitrogens with zero attached hydrogens (tertiary/aromatic N) is 1. The average molecular weight is 272 g/mol. The highest BCUT2D eigenvalue weighted by atomic mass is 32.2. The first-order valence-corrected chi connectivity index (χ1v) is 6.71. The van der Waals surface area contributed by atoms with Crippen molar-refractivity contribution in [2.24, 2.45) is 11.7 Å². The molecule has 0 aromatic rings. The fourth-order valence-electron chi connectivity index (χ4n) is 2.17. The molecule has 4 N–H and O–H groups in total. The van der Waals surface area contributed by atoms with E-state index in [0.717, 1.165) is 18.2 Å². The fourth-order valence-corrected chi connectivity index (χ4v) is 3.53. The Balaban J connectivity index is 2.24. The summed E-state index contributed by atoms with van der Waals surface area (Å²) in [4.78, 5) is 24.7. The largest absolute Gasteiger partial charge is 0.477 e. The number of aliphatic carboxylic acids is 1. The second-order valence-electron chi connectivity index (χ2n) is 4.46. The Morgan fingerprint density at radius 1 is 1.61 bits per heavy atom. The van der Waals surface area contributed by atoms with Gasteiger partial charge in [0, 0.05) is 18.2 Å². The van der Waals surface area contributed by atoms with Crippen molar-refractivity contribution in [3.05, 3.63) is 10.6 Å². The van der Waals surface area contributed by atoms with E-state index in [4.69, 9.17) is 15.9 Å². The molecule has 0 aromatic carbocycles. The number of nitrogens with two attached hydrogens (primary N) is 1. The number of rotatable bonds is 5. The summed E-state index contributed by atoms with van der Waals surface area (Å²) in [6.45, 7) is 1.67. The van der Waals surface area contributed by atoms with Crippen molar-refractivity contribution in [1.82, 2.24) is 4.90 Å². The lowest BCUT2D eigenvalue weighted by molar-refractivity contribution is -0.148. The molecular formula is C11H16N2O4S. The van der Waals surface area contributed by atoms with E-state index in [2.05, 4.69) is 0 Å². The third-order valence-corrected chi connectivity index (χ3v) is 4.74. The molecule has 7 heteroatoms. The molecule has 2 aliphatic rings. The van der Waals surface area contributed by atoms with Crippen LogP contribution < -0.4 is 5.73 Å². The van der Waals surface area contributed by atoms with Gasteiger partial charge in [-0.05, 0) is 6.42 Å². The number of carboxylic acids is 1.